The summed E-state index contributed by atoms with van der Waals surface area (Å²) in [5.41, 5.74) is 1.86. The van der Waals surface area contributed by atoms with Gasteiger partial charge in [0.05, 0.1) is 13.2 Å². The van der Waals surface area contributed by atoms with Gasteiger partial charge in [-0.3, -0.25) is 4.90 Å². The van der Waals surface area contributed by atoms with Gasteiger partial charge in [-0.1, -0.05) is 5.92 Å². The van der Waals surface area contributed by atoms with Crippen molar-refractivity contribution in [2.24, 2.45) is 0 Å². The molecule has 0 N–H and O–H groups in total. The van der Waals surface area contributed by atoms with Crippen molar-refractivity contribution in [2.45, 2.75) is 13.1 Å². The van der Waals surface area contributed by atoms with Crippen LogP contribution in [0.25, 0.3) is 11.2 Å². The molecule has 0 aliphatic carbocycles. The summed E-state index contributed by atoms with van der Waals surface area (Å²) in [5.74, 6) is 3.54. The van der Waals surface area contributed by atoms with E-state index in [0.717, 1.165) is 56.3 Å². The summed E-state index contributed by atoms with van der Waals surface area (Å²) in [4.78, 5) is 14.1. The van der Waals surface area contributed by atoms with Crippen LogP contribution < -0.4 is 0 Å². The Balaban J connectivity index is 1.76. The van der Waals surface area contributed by atoms with Gasteiger partial charge in [-0.25, -0.2) is 9.97 Å². The Morgan fingerprint density at radius 3 is 2.91 bits per heavy atom. The number of terminal acetylenes is 1. The Bertz CT molecular complexity index is 682. The highest BCUT2D eigenvalue weighted by atomic mass is 16.5. The van der Waals surface area contributed by atoms with Crippen molar-refractivity contribution in [3.8, 4) is 12.3 Å². The maximum atomic E-state index is 5.43. The minimum absolute atomic E-state index is 0.341. The van der Waals surface area contributed by atoms with E-state index < -0.39 is 0 Å². The van der Waals surface area contributed by atoms with Gasteiger partial charge in [0.25, 0.3) is 0 Å². The Kier molecular flexibility index (Phi) is 5.23. The zero-order valence-corrected chi connectivity index (χ0v) is 13.6. The normalized spacial score (nSPS) is 16.7. The molecule has 1 aliphatic rings. The van der Waals surface area contributed by atoms with Crippen molar-refractivity contribution < 1.29 is 4.74 Å². The van der Waals surface area contributed by atoms with Crippen LogP contribution in [-0.2, 0) is 17.8 Å². The Hall–Kier alpha value is -1.94. The third kappa shape index (κ3) is 3.88. The van der Waals surface area contributed by atoms with E-state index in [1.165, 1.54) is 0 Å². The molecule has 6 nitrogen and oxygen atoms in total. The number of nitrogens with zero attached hydrogens (tertiary/aromatic N) is 5. The smallest absolute Gasteiger partial charge is 0.160 e. The molecule has 23 heavy (non-hydrogen) atoms. The Labute approximate surface area is 137 Å². The molecule has 0 amide bonds. The van der Waals surface area contributed by atoms with Gasteiger partial charge in [-0.2, -0.15) is 0 Å². The van der Waals surface area contributed by atoms with Crippen molar-refractivity contribution in [1.82, 2.24) is 24.3 Å². The van der Waals surface area contributed by atoms with Crippen LogP contribution in [0.4, 0.5) is 0 Å². The highest BCUT2D eigenvalue weighted by molar-refractivity contribution is 5.71. The number of rotatable bonds is 6. The van der Waals surface area contributed by atoms with Crippen molar-refractivity contribution in [3.05, 3.63) is 24.2 Å². The summed E-state index contributed by atoms with van der Waals surface area (Å²) in [6, 6.07) is 3.93. The summed E-state index contributed by atoms with van der Waals surface area (Å²) < 4.78 is 7.59. The fourth-order valence-corrected chi connectivity index (χ4v) is 2.85. The molecule has 1 saturated heterocycles. The molecular weight excluding hydrogens is 290 g/mol. The molecule has 0 bridgehead atoms. The molecule has 3 heterocycles. The maximum absolute atomic E-state index is 5.43. The average molecular weight is 313 g/mol. The minimum atomic E-state index is 0.341. The van der Waals surface area contributed by atoms with Gasteiger partial charge in [0.1, 0.15) is 17.9 Å². The first kappa shape index (κ1) is 15.9. The quantitative estimate of drug-likeness (QED) is 0.584. The number of piperazine rings is 1. The molecule has 0 atom stereocenters. The van der Waals surface area contributed by atoms with E-state index >= 15 is 0 Å². The van der Waals surface area contributed by atoms with E-state index in [9.17, 15) is 0 Å². The largest absolute Gasteiger partial charge is 0.367 e. The minimum Gasteiger partial charge on any atom is -0.367 e. The third-order valence-electron chi connectivity index (χ3n) is 4.19. The van der Waals surface area contributed by atoms with Crippen LogP contribution in [0.15, 0.2) is 18.3 Å². The highest BCUT2D eigenvalue weighted by Gasteiger charge is 2.18. The predicted octanol–water partition coefficient (Wildman–Crippen LogP) is 0.829. The number of hydrogen-bond acceptors (Lipinski definition) is 5. The van der Waals surface area contributed by atoms with Crippen LogP contribution in [0.1, 0.15) is 5.82 Å². The maximum Gasteiger partial charge on any atom is 0.160 e. The first-order chi connectivity index (χ1) is 11.3. The molecule has 6 heteroatoms. The molecule has 0 spiro atoms. The van der Waals surface area contributed by atoms with E-state index in [4.69, 9.17) is 16.1 Å². The van der Waals surface area contributed by atoms with Gasteiger partial charge in [-0.05, 0) is 19.2 Å². The van der Waals surface area contributed by atoms with Crippen LogP contribution in [0.3, 0.4) is 0 Å². The van der Waals surface area contributed by atoms with E-state index in [1.807, 2.05) is 18.3 Å². The third-order valence-corrected chi connectivity index (χ3v) is 4.19. The number of ether oxygens (including phenoxy) is 1. The fourth-order valence-electron chi connectivity index (χ4n) is 2.85. The van der Waals surface area contributed by atoms with Gasteiger partial charge in [0.2, 0.25) is 0 Å². The van der Waals surface area contributed by atoms with Gasteiger partial charge in [0.15, 0.2) is 5.65 Å². The van der Waals surface area contributed by atoms with Gasteiger partial charge in [0, 0.05) is 38.9 Å². The predicted molar refractivity (Wildman–Crippen MR) is 90.0 cm³/mol. The second-order valence-corrected chi connectivity index (χ2v) is 5.86. The number of hydrogen-bond donors (Lipinski definition) is 0. The van der Waals surface area contributed by atoms with Gasteiger partial charge < -0.3 is 14.2 Å². The summed E-state index contributed by atoms with van der Waals surface area (Å²) in [5, 5.41) is 0. The molecule has 122 valence electrons. The molecule has 1 fully saturated rings. The number of likely N-dealkylation sites (N-methyl/N-ethyl adjacent to an activating group) is 1. The number of aromatic nitrogens is 3. The van der Waals surface area contributed by atoms with E-state index in [1.54, 1.807) is 0 Å². The van der Waals surface area contributed by atoms with Gasteiger partial charge in [-0.15, -0.1) is 6.42 Å². The first-order valence-electron chi connectivity index (χ1n) is 8.00. The van der Waals surface area contributed by atoms with E-state index in [-0.39, 0.29) is 0 Å². The summed E-state index contributed by atoms with van der Waals surface area (Å²) >= 11 is 0. The molecule has 0 aromatic carbocycles. The van der Waals surface area contributed by atoms with Crippen LogP contribution >= 0.6 is 0 Å². The molecule has 3 rings (SSSR count). The molecule has 1 aliphatic heterocycles. The van der Waals surface area contributed by atoms with Crippen molar-refractivity contribution in [1.29, 1.82) is 0 Å². The Morgan fingerprint density at radius 2 is 2.13 bits per heavy atom. The lowest BCUT2D eigenvalue weighted by atomic mass is 10.3. The fraction of sp³-hybridized carbons (Fsp3) is 0.529. The van der Waals surface area contributed by atoms with Crippen LogP contribution in [0.5, 0.6) is 0 Å². The monoisotopic (exact) mass is 313 g/mol. The van der Waals surface area contributed by atoms with Crippen molar-refractivity contribution >= 4 is 11.2 Å². The molecule has 0 saturated carbocycles. The number of fused-ring (bicyclic) bond motifs is 1. The summed E-state index contributed by atoms with van der Waals surface area (Å²) in [6.07, 6.45) is 7.03. The summed E-state index contributed by atoms with van der Waals surface area (Å²) in [7, 11) is 2.17. The second-order valence-electron chi connectivity index (χ2n) is 5.86. The standard InChI is InChI=1S/C17H23N5O/c1-3-12-23-13-11-22-16(14-21-9-7-20(2)8-10-21)19-15-5-4-6-18-17(15)22/h1,4-6H,7-14H2,2H3. The topological polar surface area (TPSA) is 46.4 Å². The number of imidazole rings is 1. The summed E-state index contributed by atoms with van der Waals surface area (Å²) in [6.45, 7) is 6.82. The Morgan fingerprint density at radius 1 is 1.30 bits per heavy atom. The molecular formula is C17H23N5O. The molecule has 2 aromatic rings. The number of pyridine rings is 1. The lowest BCUT2D eigenvalue weighted by Crippen LogP contribution is -2.44. The van der Waals surface area contributed by atoms with Gasteiger partial charge >= 0.3 is 0 Å². The molecule has 0 unspecified atom stereocenters. The first-order valence-corrected chi connectivity index (χ1v) is 8.00. The zero-order chi connectivity index (χ0) is 16.1. The van der Waals surface area contributed by atoms with E-state index in [2.05, 4.69) is 32.3 Å². The van der Waals surface area contributed by atoms with E-state index in [0.29, 0.717) is 13.2 Å². The zero-order valence-electron chi connectivity index (χ0n) is 13.6. The SMILES string of the molecule is C#CCOCCn1c(CN2CCN(C)CC2)nc2cccnc21. The lowest BCUT2D eigenvalue weighted by molar-refractivity contribution is 0.139. The van der Waals surface area contributed by atoms with Crippen LogP contribution in [0, 0.1) is 12.3 Å². The van der Waals surface area contributed by atoms with Crippen molar-refractivity contribution in [2.75, 3.05) is 46.4 Å². The van der Waals surface area contributed by atoms with Crippen LogP contribution in [0.2, 0.25) is 0 Å². The lowest BCUT2D eigenvalue weighted by Gasteiger charge is -2.32. The second kappa shape index (κ2) is 7.55. The average Bonchev–Trinajstić information content (AvgIpc) is 2.91. The van der Waals surface area contributed by atoms with Crippen LogP contribution in [-0.4, -0.2) is 70.8 Å². The molecule has 0 radical (unpaired) electrons. The highest BCUT2D eigenvalue weighted by Crippen LogP contribution is 2.16. The molecule has 2 aromatic heterocycles. The van der Waals surface area contributed by atoms with Crippen molar-refractivity contribution in [3.63, 3.8) is 0 Å².